The first-order chi connectivity index (χ1) is 4.97. The fourth-order valence-electron chi connectivity index (χ4n) is 1.13. The normalized spacial score (nSPS) is 9.09. The minimum Gasteiger partial charge on any atom is -0.0616 e. The molecule has 0 aromatic heterocycles. The number of rotatable bonds is 0. The van der Waals surface area contributed by atoms with Crippen molar-refractivity contribution in [3.63, 3.8) is 0 Å². The smallest absolute Gasteiger partial charge is 0 e. The maximum absolute atomic E-state index is 2.12. The van der Waals surface area contributed by atoms with Crippen LogP contribution in [0.15, 0.2) is 48.5 Å². The van der Waals surface area contributed by atoms with Crippen LogP contribution < -0.4 is 0 Å². The van der Waals surface area contributed by atoms with Crippen molar-refractivity contribution in [2.24, 2.45) is 0 Å². The molecule has 0 fully saturated rings. The van der Waals surface area contributed by atoms with E-state index >= 15 is 0 Å². The summed E-state index contributed by atoms with van der Waals surface area (Å²) in [6, 6.07) is 16.7. The molecule has 1 radical (unpaired) electrons. The van der Waals surface area contributed by atoms with Gasteiger partial charge in [0.15, 0.2) is 0 Å². The number of fused-ring (bicyclic) bond motifs is 1. The van der Waals surface area contributed by atoms with Gasteiger partial charge in [-0.25, -0.2) is 0 Å². The quantitative estimate of drug-likeness (QED) is 0.688. The predicted octanol–water partition coefficient (Wildman–Crippen LogP) is 2.84. The molecule has 0 spiro atoms. The second-order valence-electron chi connectivity index (χ2n) is 2.35. The average Bonchev–Trinajstić information content (AvgIpc) is 2.05. The first kappa shape index (κ1) is 8.99. The maximum Gasteiger partial charge on any atom is 0 e. The van der Waals surface area contributed by atoms with Crippen LogP contribution in [-0.4, -0.2) is 0 Å². The van der Waals surface area contributed by atoms with Gasteiger partial charge in [0.25, 0.3) is 0 Å². The molecular weight excluding hydrogens is 259 g/mol. The van der Waals surface area contributed by atoms with Crippen molar-refractivity contribution in [3.05, 3.63) is 48.5 Å². The van der Waals surface area contributed by atoms with E-state index in [9.17, 15) is 0 Å². The average molecular weight is 267 g/mol. The summed E-state index contributed by atoms with van der Waals surface area (Å²) in [6.45, 7) is 0. The van der Waals surface area contributed by atoms with Crippen molar-refractivity contribution in [3.8, 4) is 0 Å². The zero-order chi connectivity index (χ0) is 6.81. The third-order valence-electron chi connectivity index (χ3n) is 1.66. The van der Waals surface area contributed by atoms with Gasteiger partial charge in [-0.3, -0.25) is 0 Å². The van der Waals surface area contributed by atoms with Gasteiger partial charge in [-0.2, -0.15) is 0 Å². The summed E-state index contributed by atoms with van der Waals surface area (Å²) in [4.78, 5) is 0. The summed E-state index contributed by atoms with van der Waals surface area (Å²) in [7, 11) is 0. The molecule has 0 nitrogen and oxygen atoms in total. The molecule has 11 heavy (non-hydrogen) atoms. The van der Waals surface area contributed by atoms with E-state index in [-0.39, 0.29) is 35.6 Å². The van der Waals surface area contributed by atoms with Crippen LogP contribution in [-0.2, 0) is 0 Å². The molecule has 0 bridgehead atoms. The molecule has 2 aromatic rings. The van der Waals surface area contributed by atoms with Crippen molar-refractivity contribution in [1.29, 1.82) is 0 Å². The fraction of sp³-hybridized carbons (Fsp3) is 0. The minimum absolute atomic E-state index is 0. The fourth-order valence-corrected chi connectivity index (χ4v) is 1.13. The Morgan fingerprint density at radius 3 is 1.09 bits per heavy atom. The van der Waals surface area contributed by atoms with Crippen molar-refractivity contribution in [1.82, 2.24) is 0 Å². The van der Waals surface area contributed by atoms with Crippen molar-refractivity contribution >= 4 is 10.8 Å². The Labute approximate surface area is 94.2 Å². The van der Waals surface area contributed by atoms with Gasteiger partial charge in [0.05, 0.1) is 0 Å². The second-order valence-corrected chi connectivity index (χ2v) is 2.35. The zero-order valence-corrected chi connectivity index (χ0v) is 9.82. The van der Waals surface area contributed by atoms with Crippen LogP contribution in [0.5, 0.6) is 0 Å². The first-order valence-corrected chi connectivity index (χ1v) is 3.40. The van der Waals surface area contributed by atoms with Gasteiger partial charge in [-0.05, 0) is 10.8 Å². The molecule has 0 aliphatic carbocycles. The van der Waals surface area contributed by atoms with E-state index < -0.39 is 0 Å². The summed E-state index contributed by atoms with van der Waals surface area (Å²) in [5, 5.41) is 2.62. The number of hydrogen-bond acceptors (Lipinski definition) is 0. The first-order valence-electron chi connectivity index (χ1n) is 3.40. The van der Waals surface area contributed by atoms with E-state index in [0.717, 1.165) is 0 Å². The second kappa shape index (κ2) is 4.05. The molecule has 0 amide bonds. The molecule has 2 rings (SSSR count). The summed E-state index contributed by atoms with van der Waals surface area (Å²) in [6.07, 6.45) is 0. The Hall–Kier alpha value is -0.105. The van der Waals surface area contributed by atoms with Gasteiger partial charge in [0, 0.05) is 35.6 Å². The van der Waals surface area contributed by atoms with E-state index in [2.05, 4.69) is 48.5 Å². The summed E-state index contributed by atoms with van der Waals surface area (Å²) >= 11 is 0. The zero-order valence-electron chi connectivity index (χ0n) is 6.20. The van der Waals surface area contributed by atoms with E-state index in [1.165, 1.54) is 10.8 Å². The Morgan fingerprint density at radius 1 is 0.545 bits per heavy atom. The van der Waals surface area contributed by atoms with Crippen LogP contribution in [0.2, 0.25) is 0 Å². The van der Waals surface area contributed by atoms with Crippen LogP contribution in [0, 0.1) is 35.6 Å². The molecule has 0 saturated heterocycles. The van der Waals surface area contributed by atoms with E-state index in [0.29, 0.717) is 0 Å². The van der Waals surface area contributed by atoms with Crippen LogP contribution in [0.1, 0.15) is 0 Å². The van der Waals surface area contributed by atoms with Crippen molar-refractivity contribution in [2.75, 3.05) is 0 Å². The SMILES string of the molecule is [La].c1ccc2ccccc2c1. The Bertz CT molecular complexity index is 276. The third kappa shape index (κ3) is 1.93. The largest absolute Gasteiger partial charge is 0.0616 e. The van der Waals surface area contributed by atoms with E-state index in [4.69, 9.17) is 0 Å². The van der Waals surface area contributed by atoms with Crippen molar-refractivity contribution in [2.45, 2.75) is 0 Å². The summed E-state index contributed by atoms with van der Waals surface area (Å²) in [5.41, 5.74) is 0. The van der Waals surface area contributed by atoms with E-state index in [1.54, 1.807) is 0 Å². The van der Waals surface area contributed by atoms with E-state index in [1.807, 2.05) is 0 Å². The summed E-state index contributed by atoms with van der Waals surface area (Å²) in [5.74, 6) is 0. The van der Waals surface area contributed by atoms with Crippen molar-refractivity contribution < 1.29 is 35.6 Å². The van der Waals surface area contributed by atoms with Gasteiger partial charge in [-0.1, -0.05) is 48.5 Å². The molecule has 0 heterocycles. The predicted molar refractivity (Wildman–Crippen MR) is 43.9 cm³/mol. The summed E-state index contributed by atoms with van der Waals surface area (Å²) < 4.78 is 0. The Balaban J connectivity index is 0.000000605. The van der Waals surface area contributed by atoms with Crippen LogP contribution in [0.3, 0.4) is 0 Å². The molecule has 0 N–H and O–H groups in total. The molecule has 0 unspecified atom stereocenters. The van der Waals surface area contributed by atoms with Crippen LogP contribution >= 0.6 is 0 Å². The molecule has 2 aromatic carbocycles. The maximum atomic E-state index is 2.12. The monoisotopic (exact) mass is 267 g/mol. The molecule has 0 aliphatic rings. The molecule has 0 atom stereocenters. The molecule has 0 saturated carbocycles. The number of hydrogen-bond donors (Lipinski definition) is 0. The Morgan fingerprint density at radius 2 is 0.818 bits per heavy atom. The number of benzene rings is 2. The molecular formula is C10H8La. The van der Waals surface area contributed by atoms with Gasteiger partial charge < -0.3 is 0 Å². The molecule has 51 valence electrons. The molecule has 1 heteroatoms. The topological polar surface area (TPSA) is 0 Å². The molecule has 0 aliphatic heterocycles. The van der Waals surface area contributed by atoms with Crippen LogP contribution in [0.25, 0.3) is 10.8 Å². The van der Waals surface area contributed by atoms with Gasteiger partial charge in [0.1, 0.15) is 0 Å². The van der Waals surface area contributed by atoms with Gasteiger partial charge in [-0.15, -0.1) is 0 Å². The third-order valence-corrected chi connectivity index (χ3v) is 1.66. The Kier molecular flexibility index (Phi) is 3.31. The van der Waals surface area contributed by atoms with Crippen LogP contribution in [0.4, 0.5) is 0 Å². The minimum atomic E-state index is 0. The standard InChI is InChI=1S/C10H8.La/c1-2-6-10-8-4-3-7-9(10)5-1;/h1-8H;. The van der Waals surface area contributed by atoms with Gasteiger partial charge in [0.2, 0.25) is 0 Å². The van der Waals surface area contributed by atoms with Gasteiger partial charge >= 0.3 is 0 Å².